The SMILES string of the molecule is CCCNCCNS(=O)(=O)c1ccccc1-c1ccccc1. The third-order valence-electron chi connectivity index (χ3n) is 3.28. The quantitative estimate of drug-likeness (QED) is 0.736. The highest BCUT2D eigenvalue weighted by Crippen LogP contribution is 2.26. The molecule has 0 unspecified atom stereocenters. The maximum Gasteiger partial charge on any atom is 0.241 e. The van der Waals surface area contributed by atoms with E-state index in [2.05, 4.69) is 17.0 Å². The van der Waals surface area contributed by atoms with Crippen LogP contribution in [0.4, 0.5) is 0 Å². The summed E-state index contributed by atoms with van der Waals surface area (Å²) in [6.45, 7) is 3.97. The molecule has 0 fully saturated rings. The van der Waals surface area contributed by atoms with Gasteiger partial charge >= 0.3 is 0 Å². The van der Waals surface area contributed by atoms with Crippen LogP contribution in [0, 0.1) is 0 Å². The highest BCUT2D eigenvalue weighted by atomic mass is 32.2. The molecule has 0 heterocycles. The van der Waals surface area contributed by atoms with Gasteiger partial charge in [0.1, 0.15) is 0 Å². The Morgan fingerprint density at radius 2 is 1.55 bits per heavy atom. The Bertz CT molecular complexity index is 685. The Balaban J connectivity index is 2.18. The van der Waals surface area contributed by atoms with E-state index < -0.39 is 10.0 Å². The van der Waals surface area contributed by atoms with E-state index in [0.29, 0.717) is 18.0 Å². The fraction of sp³-hybridized carbons (Fsp3) is 0.294. The van der Waals surface area contributed by atoms with Crippen molar-refractivity contribution in [3.8, 4) is 11.1 Å². The zero-order chi connectivity index (χ0) is 15.8. The number of hydrogen-bond acceptors (Lipinski definition) is 3. The van der Waals surface area contributed by atoms with Crippen LogP contribution in [-0.2, 0) is 10.0 Å². The molecule has 0 saturated heterocycles. The van der Waals surface area contributed by atoms with Crippen LogP contribution in [0.2, 0.25) is 0 Å². The standard InChI is InChI=1S/C17H22N2O2S/c1-2-12-18-13-14-19-22(20,21)17-11-7-6-10-16(17)15-8-4-3-5-9-15/h3-11,18-19H,2,12-14H2,1H3. The Morgan fingerprint density at radius 3 is 2.27 bits per heavy atom. The molecular weight excluding hydrogens is 296 g/mol. The summed E-state index contributed by atoms with van der Waals surface area (Å²) in [6, 6.07) is 16.6. The van der Waals surface area contributed by atoms with E-state index in [1.165, 1.54) is 0 Å². The molecule has 0 saturated carbocycles. The highest BCUT2D eigenvalue weighted by molar-refractivity contribution is 7.89. The Kier molecular flexibility index (Phi) is 6.12. The minimum Gasteiger partial charge on any atom is -0.315 e. The van der Waals surface area contributed by atoms with Gasteiger partial charge in [0.25, 0.3) is 0 Å². The first-order chi connectivity index (χ1) is 10.6. The highest BCUT2D eigenvalue weighted by Gasteiger charge is 2.18. The van der Waals surface area contributed by atoms with Gasteiger partial charge in [-0.3, -0.25) is 0 Å². The molecule has 4 nitrogen and oxygen atoms in total. The smallest absolute Gasteiger partial charge is 0.241 e. The van der Waals surface area contributed by atoms with Gasteiger partial charge in [-0.2, -0.15) is 0 Å². The van der Waals surface area contributed by atoms with Crippen molar-refractivity contribution in [2.45, 2.75) is 18.2 Å². The van der Waals surface area contributed by atoms with Gasteiger partial charge in [-0.1, -0.05) is 55.5 Å². The first kappa shape index (κ1) is 16.7. The number of hydrogen-bond donors (Lipinski definition) is 2. The molecule has 0 aliphatic rings. The van der Waals surface area contributed by atoms with Crippen molar-refractivity contribution in [3.05, 3.63) is 54.6 Å². The van der Waals surface area contributed by atoms with Gasteiger partial charge in [0.2, 0.25) is 10.0 Å². The van der Waals surface area contributed by atoms with E-state index in [4.69, 9.17) is 0 Å². The molecule has 0 spiro atoms. The first-order valence-electron chi connectivity index (χ1n) is 7.50. The van der Waals surface area contributed by atoms with Crippen LogP contribution in [0.3, 0.4) is 0 Å². The lowest BCUT2D eigenvalue weighted by Gasteiger charge is -2.12. The number of nitrogens with one attached hydrogen (secondary N) is 2. The Labute approximate surface area is 132 Å². The van der Waals surface area contributed by atoms with Gasteiger partial charge in [0.05, 0.1) is 4.90 Å². The Morgan fingerprint density at radius 1 is 0.864 bits per heavy atom. The third-order valence-corrected chi connectivity index (χ3v) is 4.80. The molecule has 0 aromatic heterocycles. The maximum absolute atomic E-state index is 12.5. The van der Waals surface area contributed by atoms with Crippen molar-refractivity contribution < 1.29 is 8.42 Å². The average molecular weight is 318 g/mol. The topological polar surface area (TPSA) is 58.2 Å². The van der Waals surface area contributed by atoms with Crippen LogP contribution in [0.5, 0.6) is 0 Å². The summed E-state index contributed by atoms with van der Waals surface area (Å²) in [7, 11) is -3.52. The third kappa shape index (κ3) is 4.40. The predicted octanol–water partition coefficient (Wildman–Crippen LogP) is 2.63. The average Bonchev–Trinajstić information content (AvgIpc) is 2.55. The van der Waals surface area contributed by atoms with Gasteiger partial charge < -0.3 is 5.32 Å². The number of rotatable bonds is 8. The fourth-order valence-corrected chi connectivity index (χ4v) is 3.47. The second-order valence-corrected chi connectivity index (χ2v) is 6.75. The van der Waals surface area contributed by atoms with Crippen molar-refractivity contribution in [3.63, 3.8) is 0 Å². The van der Waals surface area contributed by atoms with Crippen LogP contribution < -0.4 is 10.0 Å². The molecule has 0 radical (unpaired) electrons. The minimum absolute atomic E-state index is 0.316. The van der Waals surface area contributed by atoms with Crippen molar-refractivity contribution >= 4 is 10.0 Å². The molecule has 2 rings (SSSR count). The molecule has 5 heteroatoms. The lowest BCUT2D eigenvalue weighted by atomic mass is 10.1. The molecule has 0 aliphatic carbocycles. The van der Waals surface area contributed by atoms with Gasteiger partial charge in [0, 0.05) is 18.7 Å². The zero-order valence-electron chi connectivity index (χ0n) is 12.7. The van der Waals surface area contributed by atoms with Gasteiger partial charge in [-0.05, 0) is 24.6 Å². The van der Waals surface area contributed by atoms with Gasteiger partial charge in [-0.25, -0.2) is 13.1 Å². The molecule has 0 amide bonds. The van der Waals surface area contributed by atoms with Crippen molar-refractivity contribution in [2.75, 3.05) is 19.6 Å². The van der Waals surface area contributed by atoms with E-state index in [1.807, 2.05) is 42.5 Å². The summed E-state index contributed by atoms with van der Waals surface area (Å²) in [4.78, 5) is 0.316. The van der Waals surface area contributed by atoms with E-state index >= 15 is 0 Å². The summed E-state index contributed by atoms with van der Waals surface area (Å²) in [5, 5.41) is 3.18. The summed E-state index contributed by atoms with van der Waals surface area (Å²) >= 11 is 0. The second kappa shape index (κ2) is 8.08. The Hall–Kier alpha value is -1.69. The molecular formula is C17H22N2O2S. The lowest BCUT2D eigenvalue weighted by Crippen LogP contribution is -2.32. The summed E-state index contributed by atoms with van der Waals surface area (Å²) in [5.41, 5.74) is 1.62. The van der Waals surface area contributed by atoms with Crippen molar-refractivity contribution in [2.24, 2.45) is 0 Å². The van der Waals surface area contributed by atoms with Crippen LogP contribution in [0.15, 0.2) is 59.5 Å². The molecule has 2 aromatic carbocycles. The van der Waals surface area contributed by atoms with Crippen LogP contribution >= 0.6 is 0 Å². The summed E-state index contributed by atoms with van der Waals surface area (Å²) in [6.07, 6.45) is 1.03. The van der Waals surface area contributed by atoms with Gasteiger partial charge in [-0.15, -0.1) is 0 Å². The lowest BCUT2D eigenvalue weighted by molar-refractivity contribution is 0.576. The van der Waals surface area contributed by atoms with Crippen molar-refractivity contribution in [1.29, 1.82) is 0 Å². The number of sulfonamides is 1. The molecule has 22 heavy (non-hydrogen) atoms. The normalized spacial score (nSPS) is 11.5. The fourth-order valence-electron chi connectivity index (χ4n) is 2.21. The van der Waals surface area contributed by atoms with Crippen molar-refractivity contribution in [1.82, 2.24) is 10.0 Å². The molecule has 2 aromatic rings. The second-order valence-electron chi connectivity index (χ2n) is 5.01. The van der Waals surface area contributed by atoms with Crippen LogP contribution in [0.1, 0.15) is 13.3 Å². The molecule has 0 bridgehead atoms. The maximum atomic E-state index is 12.5. The van der Waals surface area contributed by atoms with E-state index in [1.54, 1.807) is 12.1 Å². The first-order valence-corrected chi connectivity index (χ1v) is 8.98. The van der Waals surface area contributed by atoms with E-state index in [0.717, 1.165) is 24.1 Å². The molecule has 0 aliphatic heterocycles. The van der Waals surface area contributed by atoms with Crippen LogP contribution in [0.25, 0.3) is 11.1 Å². The molecule has 118 valence electrons. The minimum atomic E-state index is -3.52. The molecule has 2 N–H and O–H groups in total. The van der Waals surface area contributed by atoms with E-state index in [-0.39, 0.29) is 0 Å². The largest absolute Gasteiger partial charge is 0.315 e. The molecule has 0 atom stereocenters. The van der Waals surface area contributed by atoms with Gasteiger partial charge in [0.15, 0.2) is 0 Å². The van der Waals surface area contributed by atoms with E-state index in [9.17, 15) is 8.42 Å². The summed E-state index contributed by atoms with van der Waals surface area (Å²) in [5.74, 6) is 0. The number of benzene rings is 2. The summed E-state index contributed by atoms with van der Waals surface area (Å²) < 4.78 is 27.7. The zero-order valence-corrected chi connectivity index (χ0v) is 13.6. The monoisotopic (exact) mass is 318 g/mol. The predicted molar refractivity (Wildman–Crippen MR) is 90.2 cm³/mol. The van der Waals surface area contributed by atoms with Crippen LogP contribution in [-0.4, -0.2) is 28.1 Å².